The third kappa shape index (κ3) is 3.54. The molecule has 0 aromatic heterocycles. The predicted octanol–water partition coefficient (Wildman–Crippen LogP) is 3.27. The zero-order valence-corrected chi connectivity index (χ0v) is 11.5. The smallest absolute Gasteiger partial charge is 0.252 e. The number of nitrogens with two attached hydrogens (primary N) is 1. The van der Waals surface area contributed by atoms with E-state index in [2.05, 4.69) is 15.9 Å². The molecular weight excluding hydrogens is 313 g/mol. The summed E-state index contributed by atoms with van der Waals surface area (Å²) in [6.45, 7) is 0.153. The molecule has 0 saturated carbocycles. The zero-order chi connectivity index (χ0) is 13.8. The Labute approximate surface area is 118 Å². The Hall–Kier alpha value is -1.88. The standard InChI is InChI=1S/C14H11BrFNO2/c15-10-5-9(6-11(16)7-10)8-19-13-4-2-1-3-12(13)14(17)18/h1-7H,8H2,(H2,17,18). The first-order chi connectivity index (χ1) is 9.06. The first-order valence-electron chi connectivity index (χ1n) is 5.53. The van der Waals surface area contributed by atoms with E-state index in [1.54, 1.807) is 30.3 Å². The number of carbonyl (C=O) groups is 1. The minimum atomic E-state index is -0.559. The van der Waals surface area contributed by atoms with Crippen molar-refractivity contribution in [3.63, 3.8) is 0 Å². The summed E-state index contributed by atoms with van der Waals surface area (Å²) in [7, 11) is 0. The van der Waals surface area contributed by atoms with Gasteiger partial charge < -0.3 is 10.5 Å². The fourth-order valence-electron chi connectivity index (χ4n) is 1.65. The van der Waals surface area contributed by atoms with E-state index in [1.165, 1.54) is 12.1 Å². The van der Waals surface area contributed by atoms with Gasteiger partial charge in [-0.15, -0.1) is 0 Å². The monoisotopic (exact) mass is 323 g/mol. The van der Waals surface area contributed by atoms with Crippen molar-refractivity contribution in [3.8, 4) is 5.75 Å². The molecule has 5 heteroatoms. The Morgan fingerprint density at radius 3 is 2.68 bits per heavy atom. The van der Waals surface area contributed by atoms with Crippen LogP contribution < -0.4 is 10.5 Å². The Morgan fingerprint density at radius 1 is 1.26 bits per heavy atom. The number of rotatable bonds is 4. The highest BCUT2D eigenvalue weighted by molar-refractivity contribution is 9.10. The molecule has 2 aromatic carbocycles. The van der Waals surface area contributed by atoms with Crippen LogP contribution in [0, 0.1) is 5.82 Å². The van der Waals surface area contributed by atoms with Crippen LogP contribution in [0.4, 0.5) is 4.39 Å². The molecule has 0 aliphatic rings. The summed E-state index contributed by atoms with van der Waals surface area (Å²) >= 11 is 3.21. The Morgan fingerprint density at radius 2 is 2.00 bits per heavy atom. The second-order valence-electron chi connectivity index (χ2n) is 3.93. The van der Waals surface area contributed by atoms with Crippen LogP contribution in [0.3, 0.4) is 0 Å². The minimum Gasteiger partial charge on any atom is -0.488 e. The number of ether oxygens (including phenoxy) is 1. The average Bonchev–Trinajstić information content (AvgIpc) is 2.35. The maximum atomic E-state index is 13.2. The largest absolute Gasteiger partial charge is 0.488 e. The van der Waals surface area contributed by atoms with Crippen molar-refractivity contribution in [1.29, 1.82) is 0 Å². The molecule has 0 saturated heterocycles. The maximum absolute atomic E-state index is 13.2. The Bertz CT molecular complexity index is 596. The normalized spacial score (nSPS) is 10.2. The van der Waals surface area contributed by atoms with E-state index < -0.39 is 5.91 Å². The molecule has 0 aliphatic carbocycles. The van der Waals surface area contributed by atoms with Gasteiger partial charge in [-0.3, -0.25) is 4.79 Å². The van der Waals surface area contributed by atoms with Crippen molar-refractivity contribution in [2.75, 3.05) is 0 Å². The van der Waals surface area contributed by atoms with Gasteiger partial charge >= 0.3 is 0 Å². The highest BCUT2D eigenvalue weighted by Crippen LogP contribution is 2.20. The van der Waals surface area contributed by atoms with Crippen LogP contribution in [0.5, 0.6) is 5.75 Å². The minimum absolute atomic E-state index is 0.153. The number of halogens is 2. The second-order valence-corrected chi connectivity index (χ2v) is 4.84. The molecule has 0 heterocycles. The molecule has 19 heavy (non-hydrogen) atoms. The van der Waals surface area contributed by atoms with Crippen LogP contribution in [-0.2, 0) is 6.61 Å². The van der Waals surface area contributed by atoms with Crippen molar-refractivity contribution >= 4 is 21.8 Å². The third-order valence-electron chi connectivity index (χ3n) is 2.47. The van der Waals surface area contributed by atoms with Crippen molar-refractivity contribution in [2.24, 2.45) is 5.73 Å². The van der Waals surface area contributed by atoms with E-state index in [0.717, 1.165) is 0 Å². The zero-order valence-electron chi connectivity index (χ0n) is 9.90. The average molecular weight is 324 g/mol. The predicted molar refractivity (Wildman–Crippen MR) is 73.4 cm³/mol. The number of primary amides is 1. The molecule has 0 fully saturated rings. The lowest BCUT2D eigenvalue weighted by Gasteiger charge is -2.09. The van der Waals surface area contributed by atoms with Crippen molar-refractivity contribution in [1.82, 2.24) is 0 Å². The third-order valence-corrected chi connectivity index (χ3v) is 2.93. The van der Waals surface area contributed by atoms with Gasteiger partial charge in [-0.1, -0.05) is 28.1 Å². The van der Waals surface area contributed by atoms with Gasteiger partial charge in [0, 0.05) is 4.47 Å². The summed E-state index contributed by atoms with van der Waals surface area (Å²) in [5.74, 6) is -0.525. The number of hydrogen-bond acceptors (Lipinski definition) is 2. The Kier molecular flexibility index (Phi) is 4.16. The van der Waals surface area contributed by atoms with Gasteiger partial charge in [-0.2, -0.15) is 0 Å². The molecule has 0 radical (unpaired) electrons. The van der Waals surface area contributed by atoms with Gasteiger partial charge in [0.15, 0.2) is 0 Å². The molecule has 2 aromatic rings. The fraction of sp³-hybridized carbons (Fsp3) is 0.0714. The lowest BCUT2D eigenvalue weighted by atomic mass is 10.2. The number of amides is 1. The number of para-hydroxylation sites is 1. The van der Waals surface area contributed by atoms with Crippen molar-refractivity contribution in [3.05, 3.63) is 63.9 Å². The first kappa shape index (κ1) is 13.5. The number of hydrogen-bond donors (Lipinski definition) is 1. The van der Waals surface area contributed by atoms with E-state index >= 15 is 0 Å². The van der Waals surface area contributed by atoms with Gasteiger partial charge in [0.25, 0.3) is 5.91 Å². The van der Waals surface area contributed by atoms with Crippen LogP contribution in [0.2, 0.25) is 0 Å². The fourth-order valence-corrected chi connectivity index (χ4v) is 2.16. The van der Waals surface area contributed by atoms with E-state index in [1.807, 2.05) is 0 Å². The second kappa shape index (κ2) is 5.84. The number of carbonyl (C=O) groups excluding carboxylic acids is 1. The highest BCUT2D eigenvalue weighted by atomic mass is 79.9. The van der Waals surface area contributed by atoms with Crippen LogP contribution in [0.1, 0.15) is 15.9 Å². The summed E-state index contributed by atoms with van der Waals surface area (Å²) in [4.78, 5) is 11.2. The van der Waals surface area contributed by atoms with E-state index in [0.29, 0.717) is 21.3 Å². The quantitative estimate of drug-likeness (QED) is 0.938. The molecule has 98 valence electrons. The van der Waals surface area contributed by atoms with Gasteiger partial charge in [-0.25, -0.2) is 4.39 Å². The van der Waals surface area contributed by atoms with Gasteiger partial charge in [0.1, 0.15) is 18.2 Å². The van der Waals surface area contributed by atoms with Crippen LogP contribution in [0.15, 0.2) is 46.9 Å². The summed E-state index contributed by atoms with van der Waals surface area (Å²) in [6.07, 6.45) is 0. The molecule has 1 amide bonds. The maximum Gasteiger partial charge on any atom is 0.252 e. The summed E-state index contributed by atoms with van der Waals surface area (Å²) in [6, 6.07) is 11.1. The molecule has 0 bridgehead atoms. The molecule has 2 rings (SSSR count). The molecular formula is C14H11BrFNO2. The van der Waals surface area contributed by atoms with Crippen molar-refractivity contribution < 1.29 is 13.9 Å². The highest BCUT2D eigenvalue weighted by Gasteiger charge is 2.08. The van der Waals surface area contributed by atoms with Gasteiger partial charge in [0.05, 0.1) is 5.56 Å². The van der Waals surface area contributed by atoms with Crippen molar-refractivity contribution in [2.45, 2.75) is 6.61 Å². The lowest BCUT2D eigenvalue weighted by Crippen LogP contribution is -2.12. The van der Waals surface area contributed by atoms with E-state index in [-0.39, 0.29) is 12.4 Å². The lowest BCUT2D eigenvalue weighted by molar-refractivity contribution is 0.0996. The molecule has 3 nitrogen and oxygen atoms in total. The summed E-state index contributed by atoms with van der Waals surface area (Å²) < 4.78 is 19.3. The first-order valence-corrected chi connectivity index (χ1v) is 6.32. The van der Waals surface area contributed by atoms with Gasteiger partial charge in [-0.05, 0) is 35.9 Å². The molecule has 0 unspecified atom stereocenters. The molecule has 0 spiro atoms. The molecule has 0 aliphatic heterocycles. The van der Waals surface area contributed by atoms with Crippen LogP contribution >= 0.6 is 15.9 Å². The van der Waals surface area contributed by atoms with Crippen LogP contribution in [0.25, 0.3) is 0 Å². The SMILES string of the molecule is NC(=O)c1ccccc1OCc1cc(F)cc(Br)c1. The Balaban J connectivity index is 2.16. The van der Waals surface area contributed by atoms with E-state index in [9.17, 15) is 9.18 Å². The molecule has 2 N–H and O–H groups in total. The van der Waals surface area contributed by atoms with Gasteiger partial charge in [0.2, 0.25) is 0 Å². The van der Waals surface area contributed by atoms with Crippen LogP contribution in [-0.4, -0.2) is 5.91 Å². The topological polar surface area (TPSA) is 52.3 Å². The van der Waals surface area contributed by atoms with E-state index in [4.69, 9.17) is 10.5 Å². The molecule has 0 atom stereocenters. The number of benzene rings is 2. The summed E-state index contributed by atoms with van der Waals surface area (Å²) in [5.41, 5.74) is 6.21. The summed E-state index contributed by atoms with van der Waals surface area (Å²) in [5, 5.41) is 0.